The van der Waals surface area contributed by atoms with E-state index in [1.54, 1.807) is 39.9 Å². The summed E-state index contributed by atoms with van der Waals surface area (Å²) in [6, 6.07) is 12.2. The fourth-order valence-corrected chi connectivity index (χ4v) is 5.02. The van der Waals surface area contributed by atoms with Crippen LogP contribution in [-0.2, 0) is 11.3 Å². The SMILES string of the molecule is N#C/C(=C\C1CC1)C(=O)N1CCC[C@@H]1Cn1nc(-c2ccc(Oc3ccc(F)c(F)c3)cc2)c2c(N)ncnc21. The molecule has 0 unspecified atom stereocenters. The smallest absolute Gasteiger partial charge is 0.264 e. The van der Waals surface area contributed by atoms with Gasteiger partial charge >= 0.3 is 0 Å². The van der Waals surface area contributed by atoms with Crippen molar-refractivity contribution < 1.29 is 18.3 Å². The van der Waals surface area contributed by atoms with Crippen LogP contribution in [0, 0.1) is 28.9 Å². The van der Waals surface area contributed by atoms with Gasteiger partial charge in [0.2, 0.25) is 0 Å². The van der Waals surface area contributed by atoms with Crippen LogP contribution in [-0.4, -0.2) is 43.1 Å². The number of nitrogen functional groups attached to an aromatic ring is 1. The van der Waals surface area contributed by atoms with Crippen molar-refractivity contribution in [3.05, 3.63) is 72.1 Å². The summed E-state index contributed by atoms with van der Waals surface area (Å²) >= 11 is 0. The molecule has 2 fully saturated rings. The number of ether oxygens (including phenoxy) is 1. The minimum absolute atomic E-state index is 0.150. The number of carbonyl (C=O) groups excluding carboxylic acids is 1. The second-order valence-corrected chi connectivity index (χ2v) is 10.0. The molecule has 2 aromatic carbocycles. The lowest BCUT2D eigenvalue weighted by atomic mass is 10.1. The standard InChI is InChI=1S/C29H25F2N7O2/c30-23-10-9-22(13-24(23)31)40-21-7-5-18(6-8-21)26-25-27(33)34-16-35-28(25)38(36-26)15-20-2-1-11-37(20)29(39)19(14-32)12-17-3-4-17/h5-10,12-13,16-17,20H,1-4,11,15H2,(H2,33,34,35)/b19-12+/t20-/m1/s1. The number of rotatable bonds is 7. The molecule has 3 heterocycles. The molecule has 1 saturated carbocycles. The van der Waals surface area contributed by atoms with Crippen LogP contribution >= 0.6 is 0 Å². The van der Waals surface area contributed by atoms with Crippen molar-refractivity contribution in [2.75, 3.05) is 12.3 Å². The van der Waals surface area contributed by atoms with Crippen LogP contribution < -0.4 is 10.5 Å². The van der Waals surface area contributed by atoms with Crippen molar-refractivity contribution in [1.82, 2.24) is 24.6 Å². The highest BCUT2D eigenvalue weighted by Gasteiger charge is 2.33. The van der Waals surface area contributed by atoms with E-state index in [4.69, 9.17) is 15.6 Å². The van der Waals surface area contributed by atoms with Crippen LogP contribution in [0.4, 0.5) is 14.6 Å². The van der Waals surface area contributed by atoms with Crippen LogP contribution in [0.1, 0.15) is 25.7 Å². The van der Waals surface area contributed by atoms with Gasteiger partial charge < -0.3 is 15.4 Å². The largest absolute Gasteiger partial charge is 0.457 e. The number of nitriles is 1. The first-order chi connectivity index (χ1) is 19.4. The van der Waals surface area contributed by atoms with Gasteiger partial charge in [-0.3, -0.25) is 4.79 Å². The van der Waals surface area contributed by atoms with Crippen LogP contribution in [0.2, 0.25) is 0 Å². The third-order valence-corrected chi connectivity index (χ3v) is 7.21. The van der Waals surface area contributed by atoms with E-state index in [0.29, 0.717) is 41.5 Å². The molecular weight excluding hydrogens is 516 g/mol. The molecule has 6 rings (SSSR count). The van der Waals surface area contributed by atoms with Gasteiger partial charge in [0.1, 0.15) is 41.0 Å². The molecule has 0 bridgehead atoms. The van der Waals surface area contributed by atoms with Gasteiger partial charge in [-0.25, -0.2) is 23.4 Å². The molecular formula is C29H25F2N7O2. The highest BCUT2D eigenvalue weighted by molar-refractivity contribution is 5.99. The number of carbonyl (C=O) groups is 1. The Kier molecular flexibility index (Phi) is 6.59. The van der Waals surface area contributed by atoms with Crippen LogP contribution in [0.5, 0.6) is 11.5 Å². The minimum atomic E-state index is -0.994. The molecule has 0 spiro atoms. The van der Waals surface area contributed by atoms with E-state index in [1.807, 2.05) is 0 Å². The monoisotopic (exact) mass is 541 g/mol. The second-order valence-electron chi connectivity index (χ2n) is 10.0. The molecule has 202 valence electrons. The van der Waals surface area contributed by atoms with Gasteiger partial charge in [0.05, 0.1) is 18.0 Å². The van der Waals surface area contributed by atoms with Crippen LogP contribution in [0.15, 0.2) is 60.4 Å². The first-order valence-corrected chi connectivity index (χ1v) is 13.0. The third kappa shape index (κ3) is 4.96. The van der Waals surface area contributed by atoms with Gasteiger partial charge in [-0.2, -0.15) is 10.4 Å². The van der Waals surface area contributed by atoms with Gasteiger partial charge in [0, 0.05) is 18.2 Å². The lowest BCUT2D eigenvalue weighted by Crippen LogP contribution is -2.39. The van der Waals surface area contributed by atoms with E-state index in [9.17, 15) is 18.8 Å². The van der Waals surface area contributed by atoms with Gasteiger partial charge in [0.15, 0.2) is 17.3 Å². The number of anilines is 1. The number of halogens is 2. The molecule has 2 aliphatic rings. The number of amides is 1. The second kappa shape index (κ2) is 10.4. The first-order valence-electron chi connectivity index (χ1n) is 13.0. The van der Waals surface area contributed by atoms with Crippen molar-refractivity contribution in [3.63, 3.8) is 0 Å². The zero-order valence-corrected chi connectivity index (χ0v) is 21.4. The summed E-state index contributed by atoms with van der Waals surface area (Å²) in [7, 11) is 0. The average Bonchev–Trinajstić information content (AvgIpc) is 3.53. The maximum absolute atomic E-state index is 13.6. The van der Waals surface area contributed by atoms with Crippen molar-refractivity contribution >= 4 is 22.8 Å². The summed E-state index contributed by atoms with van der Waals surface area (Å²) in [5.74, 6) is -0.990. The van der Waals surface area contributed by atoms with Gasteiger partial charge in [0.25, 0.3) is 5.91 Å². The Balaban J connectivity index is 1.27. The Bertz CT molecular complexity index is 1670. The van der Waals surface area contributed by atoms with Gasteiger partial charge in [-0.05, 0) is 68.0 Å². The molecule has 1 aliphatic carbocycles. The Morgan fingerprint density at radius 1 is 1.10 bits per heavy atom. The number of benzene rings is 2. The molecule has 4 aromatic rings. The highest BCUT2D eigenvalue weighted by Crippen LogP contribution is 2.34. The number of hydrogen-bond acceptors (Lipinski definition) is 7. The lowest BCUT2D eigenvalue weighted by Gasteiger charge is -2.24. The number of allylic oxidation sites excluding steroid dienone is 1. The van der Waals surface area contributed by atoms with Crippen molar-refractivity contribution in [2.45, 2.75) is 38.3 Å². The summed E-state index contributed by atoms with van der Waals surface area (Å²) in [5, 5.41) is 15.0. The first kappa shape index (κ1) is 25.4. The predicted octanol–water partition coefficient (Wildman–Crippen LogP) is 5.00. The van der Waals surface area contributed by atoms with E-state index in [-0.39, 0.29) is 29.1 Å². The third-order valence-electron chi connectivity index (χ3n) is 7.21. The maximum Gasteiger partial charge on any atom is 0.264 e. The minimum Gasteiger partial charge on any atom is -0.457 e. The molecule has 1 aliphatic heterocycles. The summed E-state index contributed by atoms with van der Waals surface area (Å²) < 4.78 is 34.2. The fraction of sp³-hybridized carbons (Fsp3) is 0.276. The van der Waals surface area contributed by atoms with Gasteiger partial charge in [-0.15, -0.1) is 0 Å². The highest BCUT2D eigenvalue weighted by atomic mass is 19.2. The van der Waals surface area contributed by atoms with E-state index in [2.05, 4.69) is 16.0 Å². The molecule has 0 radical (unpaired) electrons. The summed E-state index contributed by atoms with van der Waals surface area (Å²) in [5.41, 5.74) is 8.29. The molecule has 11 heteroatoms. The molecule has 2 N–H and O–H groups in total. The van der Waals surface area contributed by atoms with Crippen LogP contribution in [0.25, 0.3) is 22.3 Å². The van der Waals surface area contributed by atoms with Crippen LogP contribution in [0.3, 0.4) is 0 Å². The summed E-state index contributed by atoms with van der Waals surface area (Å²) in [6.07, 6.45) is 6.82. The zero-order valence-electron chi connectivity index (χ0n) is 21.4. The predicted molar refractivity (Wildman–Crippen MR) is 143 cm³/mol. The quantitative estimate of drug-likeness (QED) is 0.258. The normalized spacial score (nSPS) is 17.3. The topological polar surface area (TPSA) is 123 Å². The average molecular weight is 542 g/mol. The Hall–Kier alpha value is -4.85. The van der Waals surface area contributed by atoms with Crippen molar-refractivity contribution in [3.8, 4) is 28.8 Å². The van der Waals surface area contributed by atoms with E-state index >= 15 is 0 Å². The molecule has 1 atom stereocenters. The Morgan fingerprint density at radius 3 is 2.60 bits per heavy atom. The van der Waals surface area contributed by atoms with Crippen molar-refractivity contribution in [1.29, 1.82) is 5.26 Å². The lowest BCUT2D eigenvalue weighted by molar-refractivity contribution is -0.127. The fourth-order valence-electron chi connectivity index (χ4n) is 5.02. The molecule has 1 saturated heterocycles. The van der Waals surface area contributed by atoms with Gasteiger partial charge in [-0.1, -0.05) is 6.08 Å². The molecule has 40 heavy (non-hydrogen) atoms. The van der Waals surface area contributed by atoms with Crippen molar-refractivity contribution in [2.24, 2.45) is 5.92 Å². The number of aromatic nitrogens is 4. The Morgan fingerprint density at radius 2 is 1.88 bits per heavy atom. The number of fused-ring (bicyclic) bond motifs is 1. The number of nitrogens with two attached hydrogens (primary N) is 1. The van der Waals surface area contributed by atoms with E-state index < -0.39 is 11.6 Å². The molecule has 2 aromatic heterocycles. The molecule has 9 nitrogen and oxygen atoms in total. The molecule has 1 amide bonds. The summed E-state index contributed by atoms with van der Waals surface area (Å²) in [4.78, 5) is 23.5. The zero-order chi connectivity index (χ0) is 27.8. The van der Waals surface area contributed by atoms with E-state index in [1.165, 1.54) is 12.4 Å². The number of nitrogens with zero attached hydrogens (tertiary/aromatic N) is 6. The summed E-state index contributed by atoms with van der Waals surface area (Å²) in [6.45, 7) is 0.966. The van der Waals surface area contributed by atoms with E-state index in [0.717, 1.165) is 43.4 Å². The Labute approximate surface area is 228 Å². The number of hydrogen-bond donors (Lipinski definition) is 1. The number of likely N-dealkylation sites (tertiary alicyclic amines) is 1. The maximum atomic E-state index is 13.6.